The van der Waals surface area contributed by atoms with Gasteiger partial charge in [0.2, 0.25) is 0 Å². The van der Waals surface area contributed by atoms with E-state index in [0.717, 1.165) is 32.1 Å². The lowest BCUT2D eigenvalue weighted by Crippen LogP contribution is -2.52. The quantitative estimate of drug-likeness (QED) is 0.533. The van der Waals surface area contributed by atoms with Crippen molar-refractivity contribution in [2.24, 2.45) is 0 Å². The molecule has 0 saturated heterocycles. The van der Waals surface area contributed by atoms with E-state index in [1.807, 2.05) is 0 Å². The summed E-state index contributed by atoms with van der Waals surface area (Å²) in [4.78, 5) is 24.7. The summed E-state index contributed by atoms with van der Waals surface area (Å²) in [7, 11) is 0. The van der Waals surface area contributed by atoms with Crippen molar-refractivity contribution >= 4 is 12.0 Å². The largest absolute Gasteiger partial charge is 0.480 e. The Hall–Kier alpha value is -1.34. The monoisotopic (exact) mass is 288 g/mol. The molecule has 1 atom stereocenters. The molecule has 0 spiro atoms. The molecule has 4 N–H and O–H groups in total. The number of aliphatic hydroxyl groups is 2. The number of aliphatic hydroxyl groups excluding tert-OH is 2. The maximum absolute atomic E-state index is 12.2. The van der Waals surface area contributed by atoms with Crippen molar-refractivity contribution in [3.8, 4) is 0 Å². The SMILES string of the molecule is O=C(O)[C@H](CCO)NC(=O)N(CCO)C1CCCCC1. The van der Waals surface area contributed by atoms with Gasteiger partial charge in [0, 0.05) is 25.6 Å². The number of rotatable bonds is 7. The molecule has 0 aromatic heterocycles. The highest BCUT2D eigenvalue weighted by molar-refractivity contribution is 5.82. The van der Waals surface area contributed by atoms with Gasteiger partial charge in [0.05, 0.1) is 6.61 Å². The first-order chi connectivity index (χ1) is 9.60. The molecule has 116 valence electrons. The minimum Gasteiger partial charge on any atom is -0.480 e. The Morgan fingerprint density at radius 2 is 1.80 bits per heavy atom. The molecule has 2 amide bonds. The summed E-state index contributed by atoms with van der Waals surface area (Å²) >= 11 is 0. The van der Waals surface area contributed by atoms with Gasteiger partial charge in [-0.15, -0.1) is 0 Å². The number of carboxylic acids is 1. The van der Waals surface area contributed by atoms with Crippen molar-refractivity contribution in [1.29, 1.82) is 0 Å². The van der Waals surface area contributed by atoms with Crippen LogP contribution in [0.5, 0.6) is 0 Å². The van der Waals surface area contributed by atoms with Crippen LogP contribution >= 0.6 is 0 Å². The second kappa shape index (κ2) is 8.76. The molecule has 0 aromatic carbocycles. The second-order valence-electron chi connectivity index (χ2n) is 5.06. The van der Waals surface area contributed by atoms with Gasteiger partial charge in [-0.05, 0) is 12.8 Å². The fraction of sp³-hybridized carbons (Fsp3) is 0.846. The Morgan fingerprint density at radius 1 is 1.15 bits per heavy atom. The topological polar surface area (TPSA) is 110 Å². The van der Waals surface area contributed by atoms with Gasteiger partial charge < -0.3 is 25.5 Å². The van der Waals surface area contributed by atoms with Crippen LogP contribution in [0.25, 0.3) is 0 Å². The lowest BCUT2D eigenvalue weighted by Gasteiger charge is -2.34. The Kier molecular flexibility index (Phi) is 7.32. The lowest BCUT2D eigenvalue weighted by atomic mass is 9.94. The Morgan fingerprint density at radius 3 is 2.30 bits per heavy atom. The number of nitrogens with zero attached hydrogens (tertiary/aromatic N) is 1. The fourth-order valence-corrected chi connectivity index (χ4v) is 2.57. The Balaban J connectivity index is 2.64. The van der Waals surface area contributed by atoms with Crippen molar-refractivity contribution in [1.82, 2.24) is 10.2 Å². The van der Waals surface area contributed by atoms with Gasteiger partial charge in [-0.25, -0.2) is 9.59 Å². The molecule has 7 heteroatoms. The summed E-state index contributed by atoms with van der Waals surface area (Å²) in [5.74, 6) is -1.17. The third-order valence-corrected chi connectivity index (χ3v) is 3.63. The minimum absolute atomic E-state index is 0.0291. The molecule has 1 rings (SSSR count). The van der Waals surface area contributed by atoms with Crippen LogP contribution in [0, 0.1) is 0 Å². The zero-order valence-corrected chi connectivity index (χ0v) is 11.6. The summed E-state index contributed by atoms with van der Waals surface area (Å²) in [6.45, 7) is -0.260. The van der Waals surface area contributed by atoms with Gasteiger partial charge >= 0.3 is 12.0 Å². The number of aliphatic carboxylic acids is 1. The zero-order valence-electron chi connectivity index (χ0n) is 11.6. The second-order valence-corrected chi connectivity index (χ2v) is 5.06. The van der Waals surface area contributed by atoms with Gasteiger partial charge in [-0.1, -0.05) is 19.3 Å². The number of carbonyl (C=O) groups excluding carboxylic acids is 1. The van der Waals surface area contributed by atoms with Crippen molar-refractivity contribution < 1.29 is 24.9 Å². The van der Waals surface area contributed by atoms with Crippen LogP contribution in [-0.4, -0.2) is 64.1 Å². The van der Waals surface area contributed by atoms with E-state index in [1.165, 1.54) is 4.90 Å². The third kappa shape index (κ3) is 4.97. The molecule has 1 aliphatic carbocycles. The van der Waals surface area contributed by atoms with Crippen LogP contribution < -0.4 is 5.32 Å². The van der Waals surface area contributed by atoms with Gasteiger partial charge in [0.25, 0.3) is 0 Å². The fourth-order valence-electron chi connectivity index (χ4n) is 2.57. The highest BCUT2D eigenvalue weighted by atomic mass is 16.4. The Bertz CT molecular complexity index is 318. The van der Waals surface area contributed by atoms with E-state index in [-0.39, 0.29) is 32.2 Å². The zero-order chi connectivity index (χ0) is 15.0. The first-order valence-electron chi connectivity index (χ1n) is 7.11. The molecule has 0 radical (unpaired) electrons. The molecule has 1 aliphatic rings. The predicted molar refractivity (Wildman–Crippen MR) is 72.3 cm³/mol. The van der Waals surface area contributed by atoms with Crippen molar-refractivity contribution in [2.75, 3.05) is 19.8 Å². The van der Waals surface area contributed by atoms with Gasteiger partial charge in [-0.2, -0.15) is 0 Å². The van der Waals surface area contributed by atoms with E-state index in [4.69, 9.17) is 15.3 Å². The van der Waals surface area contributed by atoms with Crippen LogP contribution in [0.4, 0.5) is 4.79 Å². The third-order valence-electron chi connectivity index (χ3n) is 3.63. The molecular formula is C13H24N2O5. The van der Waals surface area contributed by atoms with Crippen molar-refractivity contribution in [3.05, 3.63) is 0 Å². The molecule has 1 saturated carbocycles. The average molecular weight is 288 g/mol. The molecule has 0 aromatic rings. The van der Waals surface area contributed by atoms with Crippen LogP contribution in [0.2, 0.25) is 0 Å². The van der Waals surface area contributed by atoms with Gasteiger partial charge in [-0.3, -0.25) is 0 Å². The Labute approximate surface area is 118 Å². The van der Waals surface area contributed by atoms with E-state index in [9.17, 15) is 9.59 Å². The highest BCUT2D eigenvalue weighted by Gasteiger charge is 2.28. The molecule has 0 heterocycles. The van der Waals surface area contributed by atoms with Crippen LogP contribution in [0.15, 0.2) is 0 Å². The van der Waals surface area contributed by atoms with Crippen LogP contribution in [0.1, 0.15) is 38.5 Å². The average Bonchev–Trinajstić information content (AvgIpc) is 2.45. The van der Waals surface area contributed by atoms with Gasteiger partial charge in [0.15, 0.2) is 0 Å². The van der Waals surface area contributed by atoms with Crippen LogP contribution in [0.3, 0.4) is 0 Å². The maximum atomic E-state index is 12.2. The first kappa shape index (κ1) is 16.7. The van der Waals surface area contributed by atoms with E-state index in [1.54, 1.807) is 0 Å². The summed E-state index contributed by atoms with van der Waals surface area (Å²) in [5, 5.41) is 29.3. The number of urea groups is 1. The first-order valence-corrected chi connectivity index (χ1v) is 7.11. The molecule has 0 bridgehead atoms. The summed E-state index contributed by atoms with van der Waals surface area (Å²) in [6.07, 6.45) is 4.96. The molecule has 0 aliphatic heterocycles. The number of amides is 2. The summed E-state index contributed by atoms with van der Waals surface area (Å²) in [6, 6.07) is -1.52. The molecule has 7 nitrogen and oxygen atoms in total. The summed E-state index contributed by atoms with van der Waals surface area (Å²) < 4.78 is 0. The number of hydrogen-bond acceptors (Lipinski definition) is 4. The molecule has 20 heavy (non-hydrogen) atoms. The number of carboxylic acid groups (broad SMARTS) is 1. The van der Waals surface area contributed by atoms with Crippen molar-refractivity contribution in [2.45, 2.75) is 50.6 Å². The smallest absolute Gasteiger partial charge is 0.326 e. The van der Waals surface area contributed by atoms with E-state index in [2.05, 4.69) is 5.32 Å². The normalized spacial score (nSPS) is 17.5. The van der Waals surface area contributed by atoms with E-state index < -0.39 is 18.0 Å². The molecule has 1 fully saturated rings. The standard InChI is InChI=1S/C13H24N2O5/c16-8-6-11(12(18)19)14-13(20)15(7-9-17)10-4-2-1-3-5-10/h10-11,16-17H,1-9H2,(H,14,20)(H,18,19)/t11-/m0/s1. The van der Waals surface area contributed by atoms with Crippen molar-refractivity contribution in [3.63, 3.8) is 0 Å². The number of carbonyl (C=O) groups is 2. The van der Waals surface area contributed by atoms with Gasteiger partial charge in [0.1, 0.15) is 6.04 Å². The lowest BCUT2D eigenvalue weighted by molar-refractivity contribution is -0.139. The van der Waals surface area contributed by atoms with Crippen LogP contribution in [-0.2, 0) is 4.79 Å². The number of hydrogen-bond donors (Lipinski definition) is 4. The van der Waals surface area contributed by atoms with E-state index >= 15 is 0 Å². The highest BCUT2D eigenvalue weighted by Crippen LogP contribution is 2.22. The molecular weight excluding hydrogens is 264 g/mol. The predicted octanol–water partition coefficient (Wildman–Crippen LogP) is 0.159. The minimum atomic E-state index is -1.17. The molecule has 0 unspecified atom stereocenters. The maximum Gasteiger partial charge on any atom is 0.326 e. The number of nitrogens with one attached hydrogen (secondary N) is 1. The summed E-state index contributed by atoms with van der Waals surface area (Å²) in [5.41, 5.74) is 0. The van der Waals surface area contributed by atoms with E-state index in [0.29, 0.717) is 0 Å².